The molecule has 0 aliphatic carbocycles. The monoisotopic (exact) mass is 826 g/mol. The van der Waals surface area contributed by atoms with E-state index in [9.17, 15) is 19.8 Å². The Hall–Kier alpha value is -2.44. The zero-order chi connectivity index (χ0) is 43.1. The zero-order valence-corrected chi connectivity index (χ0v) is 38.9. The van der Waals surface area contributed by atoms with Gasteiger partial charge in [-0.15, -0.1) is 0 Å². The second kappa shape index (κ2) is 46.6. The standard InChI is InChI=1S/C53H95NO5/c1-4-7-10-13-16-19-22-25-26-27-28-31-34-37-40-43-46-53(58)59-49(44-41-38-35-32-29-23-20-17-14-11-8-5-2)47-52(57)54-50(48-55)51(56)45-42-39-36-33-30-24-21-18-15-12-9-6-3/h7,10,16,19,25-26,28,31-32,35,49-51,55-56H,4-6,8-9,11-15,17-18,20-24,27,29-30,33-34,36-48H2,1-3H3,(H,54,57)/b10-7+,19-16+,26-25+,31-28+,35-32-. The van der Waals surface area contributed by atoms with Gasteiger partial charge in [0.05, 0.1) is 25.2 Å². The van der Waals surface area contributed by atoms with Gasteiger partial charge in [0.15, 0.2) is 0 Å². The number of unbranched alkanes of at least 4 members (excludes halogenated alkanes) is 22. The molecule has 3 N–H and O–H groups in total. The van der Waals surface area contributed by atoms with E-state index in [4.69, 9.17) is 4.74 Å². The summed E-state index contributed by atoms with van der Waals surface area (Å²) in [5.74, 6) is -0.540. The van der Waals surface area contributed by atoms with Crippen molar-refractivity contribution in [1.82, 2.24) is 5.32 Å². The number of allylic oxidation sites excluding steroid dienone is 10. The van der Waals surface area contributed by atoms with Gasteiger partial charge in [-0.2, -0.15) is 0 Å². The lowest BCUT2D eigenvalue weighted by atomic mass is 10.0. The summed E-state index contributed by atoms with van der Waals surface area (Å²) in [6.45, 7) is 6.34. The molecule has 0 spiro atoms. The van der Waals surface area contributed by atoms with Gasteiger partial charge in [-0.05, 0) is 83.5 Å². The predicted octanol–water partition coefficient (Wildman–Crippen LogP) is 14.8. The number of nitrogens with one attached hydrogen (secondary N) is 1. The summed E-state index contributed by atoms with van der Waals surface area (Å²) in [5, 5.41) is 23.7. The number of aliphatic hydroxyl groups is 2. The first kappa shape index (κ1) is 56.6. The molecule has 0 aromatic rings. The molecule has 3 atom stereocenters. The maximum absolute atomic E-state index is 13.2. The molecular weight excluding hydrogens is 731 g/mol. The summed E-state index contributed by atoms with van der Waals surface area (Å²) in [7, 11) is 0. The normalized spacial score (nSPS) is 13.8. The molecule has 3 unspecified atom stereocenters. The van der Waals surface area contributed by atoms with E-state index in [1.807, 2.05) is 0 Å². The maximum Gasteiger partial charge on any atom is 0.306 e. The number of amides is 1. The minimum Gasteiger partial charge on any atom is -0.462 e. The van der Waals surface area contributed by atoms with Crippen LogP contribution in [0.4, 0.5) is 0 Å². The van der Waals surface area contributed by atoms with E-state index in [1.54, 1.807) is 0 Å². The number of hydrogen-bond acceptors (Lipinski definition) is 5. The second-order valence-corrected chi connectivity index (χ2v) is 16.8. The lowest BCUT2D eigenvalue weighted by Crippen LogP contribution is -2.46. The smallest absolute Gasteiger partial charge is 0.306 e. The molecule has 0 saturated carbocycles. The third-order valence-corrected chi connectivity index (χ3v) is 11.1. The Morgan fingerprint density at radius 2 is 0.932 bits per heavy atom. The fourth-order valence-electron chi connectivity index (χ4n) is 7.30. The summed E-state index contributed by atoms with van der Waals surface area (Å²) in [6.07, 6.45) is 57.1. The highest BCUT2D eigenvalue weighted by atomic mass is 16.5. The Morgan fingerprint density at radius 3 is 1.44 bits per heavy atom. The van der Waals surface area contributed by atoms with Crippen molar-refractivity contribution in [2.75, 3.05) is 6.61 Å². The van der Waals surface area contributed by atoms with Gasteiger partial charge in [-0.25, -0.2) is 0 Å². The number of carbonyl (C=O) groups excluding carboxylic acids is 2. The van der Waals surface area contributed by atoms with Gasteiger partial charge in [0, 0.05) is 6.42 Å². The molecule has 0 aliphatic rings. The van der Waals surface area contributed by atoms with Crippen LogP contribution in [0.1, 0.15) is 239 Å². The van der Waals surface area contributed by atoms with Crippen molar-refractivity contribution in [3.8, 4) is 0 Å². The Balaban J connectivity index is 4.65. The molecule has 0 rings (SSSR count). The van der Waals surface area contributed by atoms with Gasteiger partial charge in [-0.1, -0.05) is 204 Å². The van der Waals surface area contributed by atoms with Crippen LogP contribution in [-0.4, -0.2) is 46.9 Å². The molecule has 0 heterocycles. The molecule has 0 bridgehead atoms. The molecule has 6 heteroatoms. The topological polar surface area (TPSA) is 95.9 Å². The highest BCUT2D eigenvalue weighted by molar-refractivity contribution is 5.77. The van der Waals surface area contributed by atoms with E-state index in [1.165, 1.54) is 103 Å². The molecule has 1 amide bonds. The third-order valence-electron chi connectivity index (χ3n) is 11.1. The maximum atomic E-state index is 13.2. The minimum absolute atomic E-state index is 0.0428. The fraction of sp³-hybridized carbons (Fsp3) is 0.774. The Labute approximate surface area is 365 Å². The van der Waals surface area contributed by atoms with Crippen LogP contribution in [0.25, 0.3) is 0 Å². The van der Waals surface area contributed by atoms with Crippen molar-refractivity contribution < 1.29 is 24.5 Å². The molecule has 59 heavy (non-hydrogen) atoms. The van der Waals surface area contributed by atoms with Crippen LogP contribution in [0.3, 0.4) is 0 Å². The lowest BCUT2D eigenvalue weighted by Gasteiger charge is -2.24. The van der Waals surface area contributed by atoms with Gasteiger partial charge >= 0.3 is 5.97 Å². The van der Waals surface area contributed by atoms with E-state index >= 15 is 0 Å². The number of rotatable bonds is 44. The quantitative estimate of drug-likeness (QED) is 0.0323. The van der Waals surface area contributed by atoms with Crippen LogP contribution in [0.15, 0.2) is 60.8 Å². The van der Waals surface area contributed by atoms with Gasteiger partial charge in [-0.3, -0.25) is 9.59 Å². The van der Waals surface area contributed by atoms with Crippen molar-refractivity contribution in [3.05, 3.63) is 60.8 Å². The summed E-state index contributed by atoms with van der Waals surface area (Å²) in [5.41, 5.74) is 0. The first-order valence-electron chi connectivity index (χ1n) is 25.0. The number of hydrogen-bond donors (Lipinski definition) is 3. The van der Waals surface area contributed by atoms with Crippen molar-refractivity contribution in [2.45, 2.75) is 257 Å². The van der Waals surface area contributed by atoms with Crippen LogP contribution in [0, 0.1) is 0 Å². The lowest BCUT2D eigenvalue weighted by molar-refractivity contribution is -0.151. The number of aliphatic hydroxyl groups excluding tert-OH is 2. The van der Waals surface area contributed by atoms with Crippen molar-refractivity contribution in [2.24, 2.45) is 0 Å². The average molecular weight is 826 g/mol. The first-order chi connectivity index (χ1) is 29.0. The molecule has 0 aromatic carbocycles. The van der Waals surface area contributed by atoms with E-state index in [2.05, 4.69) is 86.8 Å². The van der Waals surface area contributed by atoms with E-state index in [-0.39, 0.29) is 24.9 Å². The number of carbonyl (C=O) groups is 2. The van der Waals surface area contributed by atoms with Crippen LogP contribution in [0.5, 0.6) is 0 Å². The summed E-state index contributed by atoms with van der Waals surface area (Å²) in [6, 6.07) is -0.716. The first-order valence-corrected chi connectivity index (χ1v) is 25.0. The van der Waals surface area contributed by atoms with Crippen molar-refractivity contribution in [3.63, 3.8) is 0 Å². The van der Waals surface area contributed by atoms with E-state index in [0.717, 1.165) is 89.9 Å². The molecule has 0 fully saturated rings. The highest BCUT2D eigenvalue weighted by Crippen LogP contribution is 2.17. The number of esters is 1. The van der Waals surface area contributed by atoms with Crippen LogP contribution >= 0.6 is 0 Å². The predicted molar refractivity (Wildman–Crippen MR) is 255 cm³/mol. The van der Waals surface area contributed by atoms with Crippen molar-refractivity contribution >= 4 is 11.9 Å². The minimum atomic E-state index is -0.800. The average Bonchev–Trinajstić information content (AvgIpc) is 3.23. The summed E-state index contributed by atoms with van der Waals surface area (Å²) >= 11 is 0. The largest absolute Gasteiger partial charge is 0.462 e. The van der Waals surface area contributed by atoms with Crippen LogP contribution < -0.4 is 5.32 Å². The Morgan fingerprint density at radius 1 is 0.508 bits per heavy atom. The van der Waals surface area contributed by atoms with Crippen LogP contribution in [0.2, 0.25) is 0 Å². The molecule has 0 saturated heterocycles. The molecular formula is C53H95NO5. The molecule has 0 aromatic heterocycles. The van der Waals surface area contributed by atoms with Crippen LogP contribution in [-0.2, 0) is 14.3 Å². The van der Waals surface area contributed by atoms with Gasteiger partial charge in [0.2, 0.25) is 5.91 Å². The molecule has 342 valence electrons. The van der Waals surface area contributed by atoms with E-state index in [0.29, 0.717) is 19.3 Å². The third kappa shape index (κ3) is 42.1. The molecule has 0 radical (unpaired) electrons. The summed E-state index contributed by atoms with van der Waals surface area (Å²) < 4.78 is 5.89. The van der Waals surface area contributed by atoms with Gasteiger partial charge < -0.3 is 20.3 Å². The second-order valence-electron chi connectivity index (χ2n) is 16.8. The Kier molecular flexibility index (Phi) is 44.7. The van der Waals surface area contributed by atoms with Crippen molar-refractivity contribution in [1.29, 1.82) is 0 Å². The fourth-order valence-corrected chi connectivity index (χ4v) is 7.30. The highest BCUT2D eigenvalue weighted by Gasteiger charge is 2.24. The SMILES string of the molecule is CC/C=C/C/C=C/C/C=C/C/C=C/CCCCCC(=O)OC(CCC/C=C\CCCCCCCCC)CC(=O)NC(CO)C(O)CCCCCCCCCCCCCC. The zero-order valence-electron chi connectivity index (χ0n) is 38.9. The summed E-state index contributed by atoms with van der Waals surface area (Å²) in [4.78, 5) is 26.1. The van der Waals surface area contributed by atoms with Gasteiger partial charge in [0.1, 0.15) is 6.10 Å². The molecule has 6 nitrogen and oxygen atoms in total. The Bertz CT molecular complexity index is 1060. The van der Waals surface area contributed by atoms with E-state index < -0.39 is 18.2 Å². The number of ether oxygens (including phenoxy) is 1. The molecule has 0 aliphatic heterocycles. The van der Waals surface area contributed by atoms with Gasteiger partial charge in [0.25, 0.3) is 0 Å².